The fraction of sp³-hybridized carbons (Fsp3) is 0.125. The number of nitriles is 1. The molecule has 0 unspecified atom stereocenters. The van der Waals surface area contributed by atoms with Crippen LogP contribution in [0.3, 0.4) is 0 Å². The maximum Gasteiger partial charge on any atom is 0.417 e. The average Bonchev–Trinajstić information content (AvgIpc) is 2.96. The number of alkyl halides is 3. The summed E-state index contributed by atoms with van der Waals surface area (Å²) in [7, 11) is -4.59. The number of nitrogens with zero attached hydrogens (tertiary/aromatic N) is 2. The summed E-state index contributed by atoms with van der Waals surface area (Å²) in [5.41, 5.74) is -0.0207. The van der Waals surface area contributed by atoms with Crippen LogP contribution in [-0.4, -0.2) is 13.4 Å². The molecule has 0 spiro atoms. The van der Waals surface area contributed by atoms with Crippen molar-refractivity contribution in [3.05, 3.63) is 53.1 Å². The summed E-state index contributed by atoms with van der Waals surface area (Å²) in [4.78, 5) is 3.00. The first kappa shape index (κ1) is 17.8. The van der Waals surface area contributed by atoms with Gasteiger partial charge in [0.1, 0.15) is 5.52 Å². The molecule has 1 N–H and O–H groups in total. The van der Waals surface area contributed by atoms with E-state index < -0.39 is 32.7 Å². The summed E-state index contributed by atoms with van der Waals surface area (Å²) in [6.45, 7) is 1.64. The highest BCUT2D eigenvalue weighted by atomic mass is 32.2. The summed E-state index contributed by atoms with van der Waals surface area (Å²) in [5.74, 6) is 0. The number of fused-ring (bicyclic) bond motifs is 1. The molecule has 0 radical (unpaired) electrons. The standard InChI is InChI=1S/C16H10F3N3O3S/c1-9-6-10(8-20)7-12-14(9)21-15(25-12)22-26(23,24)13-5-3-2-4-11(13)16(17,18)19/h2-7H,1H3,(H,21,22). The van der Waals surface area contributed by atoms with E-state index in [2.05, 4.69) is 4.98 Å². The van der Waals surface area contributed by atoms with Crippen LogP contribution < -0.4 is 4.72 Å². The van der Waals surface area contributed by atoms with Gasteiger partial charge < -0.3 is 4.42 Å². The Morgan fingerprint density at radius 3 is 2.58 bits per heavy atom. The maximum atomic E-state index is 13.1. The number of halogens is 3. The lowest BCUT2D eigenvalue weighted by Crippen LogP contribution is -2.19. The summed E-state index contributed by atoms with van der Waals surface area (Å²) in [5, 5.41) is 8.94. The van der Waals surface area contributed by atoms with Crippen LogP contribution in [0.2, 0.25) is 0 Å². The molecule has 3 aromatic rings. The molecule has 0 atom stereocenters. The van der Waals surface area contributed by atoms with Gasteiger partial charge in [0.05, 0.1) is 22.1 Å². The topological polar surface area (TPSA) is 96.0 Å². The third-order valence-electron chi connectivity index (χ3n) is 3.52. The Kier molecular flexibility index (Phi) is 4.12. The molecule has 6 nitrogen and oxygen atoms in total. The summed E-state index contributed by atoms with van der Waals surface area (Å²) < 4.78 is 71.1. The van der Waals surface area contributed by atoms with Crippen LogP contribution in [-0.2, 0) is 16.2 Å². The fourth-order valence-corrected chi connectivity index (χ4v) is 3.57. The van der Waals surface area contributed by atoms with Crippen LogP contribution >= 0.6 is 0 Å². The van der Waals surface area contributed by atoms with Crippen LogP contribution in [0, 0.1) is 18.3 Å². The molecule has 0 saturated heterocycles. The Bertz CT molecular complexity index is 1140. The molecule has 0 bridgehead atoms. The molecule has 3 rings (SSSR count). The van der Waals surface area contributed by atoms with Crippen LogP contribution in [0.1, 0.15) is 16.7 Å². The van der Waals surface area contributed by atoms with Gasteiger partial charge in [-0.05, 0) is 30.7 Å². The number of anilines is 1. The Hall–Kier alpha value is -3.06. The zero-order valence-electron chi connectivity index (χ0n) is 13.1. The van der Waals surface area contributed by atoms with Crippen LogP contribution in [0.4, 0.5) is 19.2 Å². The van der Waals surface area contributed by atoms with E-state index in [1.165, 1.54) is 18.2 Å². The quantitative estimate of drug-likeness (QED) is 0.744. The monoisotopic (exact) mass is 381 g/mol. The molecule has 134 valence electrons. The first-order valence-electron chi connectivity index (χ1n) is 7.12. The number of hydrogen-bond acceptors (Lipinski definition) is 5. The molecule has 26 heavy (non-hydrogen) atoms. The smallest absolute Gasteiger partial charge is 0.417 e. The predicted octanol–water partition coefficient (Wildman–Crippen LogP) is 3.83. The third-order valence-corrected chi connectivity index (χ3v) is 4.90. The maximum absolute atomic E-state index is 13.1. The van der Waals surface area contributed by atoms with Crippen molar-refractivity contribution in [3.8, 4) is 6.07 Å². The van der Waals surface area contributed by atoms with E-state index in [1.807, 2.05) is 10.8 Å². The number of sulfonamides is 1. The van der Waals surface area contributed by atoms with Crippen molar-refractivity contribution in [2.45, 2.75) is 18.0 Å². The Labute approximate surface area is 145 Å². The van der Waals surface area contributed by atoms with E-state index in [-0.39, 0.29) is 11.1 Å². The second-order valence-corrected chi connectivity index (χ2v) is 7.02. The lowest BCUT2D eigenvalue weighted by atomic mass is 10.1. The van der Waals surface area contributed by atoms with Gasteiger partial charge in [0.2, 0.25) is 0 Å². The largest absolute Gasteiger partial charge is 0.423 e. The van der Waals surface area contributed by atoms with E-state index >= 15 is 0 Å². The van der Waals surface area contributed by atoms with E-state index in [0.717, 1.165) is 12.1 Å². The molecular weight excluding hydrogens is 371 g/mol. The zero-order valence-corrected chi connectivity index (χ0v) is 13.9. The lowest BCUT2D eigenvalue weighted by Gasteiger charge is -2.12. The Balaban J connectivity index is 2.05. The van der Waals surface area contributed by atoms with E-state index in [4.69, 9.17) is 9.68 Å². The number of rotatable bonds is 3. The molecule has 2 aromatic carbocycles. The molecule has 1 aromatic heterocycles. The molecule has 1 heterocycles. The first-order chi connectivity index (χ1) is 12.1. The molecule has 0 aliphatic rings. The molecule has 10 heteroatoms. The van der Waals surface area contributed by atoms with Gasteiger partial charge in [-0.2, -0.15) is 23.4 Å². The Morgan fingerprint density at radius 1 is 1.23 bits per heavy atom. The van der Waals surface area contributed by atoms with Gasteiger partial charge in [-0.1, -0.05) is 12.1 Å². The van der Waals surface area contributed by atoms with Crippen molar-refractivity contribution >= 4 is 27.1 Å². The number of aromatic nitrogens is 1. The molecule has 0 aliphatic heterocycles. The number of oxazole rings is 1. The normalized spacial score (nSPS) is 12.1. The summed E-state index contributed by atoms with van der Waals surface area (Å²) >= 11 is 0. The highest BCUT2D eigenvalue weighted by Crippen LogP contribution is 2.35. The Morgan fingerprint density at radius 2 is 1.92 bits per heavy atom. The zero-order chi connectivity index (χ0) is 19.1. The highest BCUT2D eigenvalue weighted by Gasteiger charge is 2.37. The van der Waals surface area contributed by atoms with Crippen LogP contribution in [0.25, 0.3) is 11.1 Å². The number of benzene rings is 2. The van der Waals surface area contributed by atoms with Gasteiger partial charge in [0.15, 0.2) is 5.58 Å². The van der Waals surface area contributed by atoms with Gasteiger partial charge >= 0.3 is 12.2 Å². The fourth-order valence-electron chi connectivity index (χ4n) is 2.41. The summed E-state index contributed by atoms with van der Waals surface area (Å²) in [6.07, 6.45) is -4.84. The van der Waals surface area contributed by atoms with Crippen molar-refractivity contribution in [1.29, 1.82) is 5.26 Å². The van der Waals surface area contributed by atoms with Crippen molar-refractivity contribution in [2.75, 3.05) is 4.72 Å². The number of hydrogen-bond donors (Lipinski definition) is 1. The van der Waals surface area contributed by atoms with Gasteiger partial charge in [0, 0.05) is 6.07 Å². The number of aryl methyl sites for hydroxylation is 1. The van der Waals surface area contributed by atoms with Crippen LogP contribution in [0.5, 0.6) is 0 Å². The minimum Gasteiger partial charge on any atom is -0.423 e. The first-order valence-corrected chi connectivity index (χ1v) is 8.60. The third kappa shape index (κ3) is 3.21. The van der Waals surface area contributed by atoms with Crippen molar-refractivity contribution < 1.29 is 26.0 Å². The van der Waals surface area contributed by atoms with Gasteiger partial charge in [-0.15, -0.1) is 0 Å². The minimum atomic E-state index is -4.84. The summed E-state index contributed by atoms with van der Waals surface area (Å²) in [6, 6.07) is 8.09. The molecule has 0 aliphatic carbocycles. The van der Waals surface area contributed by atoms with Crippen molar-refractivity contribution in [3.63, 3.8) is 0 Å². The molecule has 0 amide bonds. The van der Waals surface area contributed by atoms with E-state index in [1.54, 1.807) is 6.92 Å². The van der Waals surface area contributed by atoms with Crippen LogP contribution in [0.15, 0.2) is 45.7 Å². The second-order valence-electron chi connectivity index (χ2n) is 5.37. The lowest BCUT2D eigenvalue weighted by molar-refractivity contribution is -0.139. The SMILES string of the molecule is Cc1cc(C#N)cc2oc(NS(=O)(=O)c3ccccc3C(F)(F)F)nc12. The van der Waals surface area contributed by atoms with E-state index in [0.29, 0.717) is 17.1 Å². The van der Waals surface area contributed by atoms with Crippen molar-refractivity contribution in [1.82, 2.24) is 4.98 Å². The van der Waals surface area contributed by atoms with E-state index in [9.17, 15) is 21.6 Å². The predicted molar refractivity (Wildman–Crippen MR) is 85.7 cm³/mol. The van der Waals surface area contributed by atoms with Crippen molar-refractivity contribution in [2.24, 2.45) is 0 Å². The minimum absolute atomic E-state index is 0.142. The van der Waals surface area contributed by atoms with Gasteiger partial charge in [0.25, 0.3) is 10.0 Å². The average molecular weight is 381 g/mol. The number of nitrogens with one attached hydrogen (secondary N) is 1. The highest BCUT2D eigenvalue weighted by molar-refractivity contribution is 7.92. The van der Waals surface area contributed by atoms with Gasteiger partial charge in [-0.3, -0.25) is 0 Å². The molecular formula is C16H10F3N3O3S. The second kappa shape index (κ2) is 6.03. The molecule has 0 saturated carbocycles. The van der Waals surface area contributed by atoms with Gasteiger partial charge in [-0.25, -0.2) is 13.1 Å². The molecule has 0 fully saturated rings.